The summed E-state index contributed by atoms with van der Waals surface area (Å²) in [4.78, 5) is 11.4. The lowest BCUT2D eigenvalue weighted by molar-refractivity contribution is -0.275. The van der Waals surface area contributed by atoms with E-state index in [9.17, 15) is 26.7 Å². The van der Waals surface area contributed by atoms with Crippen molar-refractivity contribution in [1.82, 2.24) is 0 Å². The van der Waals surface area contributed by atoms with Crippen LogP contribution in [0.3, 0.4) is 0 Å². The van der Waals surface area contributed by atoms with Crippen LogP contribution in [0, 0.1) is 0 Å². The molecule has 0 atom stereocenters. The van der Waals surface area contributed by atoms with Crippen molar-refractivity contribution in [2.45, 2.75) is 13.0 Å². The zero-order chi connectivity index (χ0) is 14.6. The Bertz CT molecular complexity index is 461. The molecule has 9 heteroatoms. The second-order valence-corrected chi connectivity index (χ2v) is 3.68. The van der Waals surface area contributed by atoms with Gasteiger partial charge in [-0.1, -0.05) is 22.0 Å². The SMILES string of the molecule is O=C(CBr)c1cccc(OC(F)(F)F)c1OC(F)F. The summed E-state index contributed by atoms with van der Waals surface area (Å²) < 4.78 is 68.2. The summed E-state index contributed by atoms with van der Waals surface area (Å²) >= 11 is 2.78. The highest BCUT2D eigenvalue weighted by Gasteiger charge is 2.34. The molecule has 1 aromatic rings. The number of benzene rings is 1. The van der Waals surface area contributed by atoms with Crippen LogP contribution in [0.2, 0.25) is 0 Å². The molecule has 0 saturated heterocycles. The number of rotatable bonds is 5. The predicted molar refractivity (Wildman–Crippen MR) is 57.9 cm³/mol. The minimum absolute atomic E-state index is 0.262. The van der Waals surface area contributed by atoms with Gasteiger partial charge in [-0.15, -0.1) is 13.2 Å². The molecule has 1 rings (SSSR count). The van der Waals surface area contributed by atoms with Crippen molar-refractivity contribution in [3.63, 3.8) is 0 Å². The molecule has 0 aromatic heterocycles. The lowest BCUT2D eigenvalue weighted by Crippen LogP contribution is -2.19. The third-order valence-electron chi connectivity index (χ3n) is 1.83. The summed E-state index contributed by atoms with van der Waals surface area (Å²) in [5.41, 5.74) is -0.432. The van der Waals surface area contributed by atoms with Crippen LogP contribution in [0.5, 0.6) is 11.5 Å². The first-order valence-corrected chi connectivity index (χ1v) is 5.79. The number of ether oxygens (including phenoxy) is 2. The number of para-hydroxylation sites is 1. The Morgan fingerprint density at radius 3 is 2.42 bits per heavy atom. The first-order valence-electron chi connectivity index (χ1n) is 4.67. The Labute approximate surface area is 112 Å². The van der Waals surface area contributed by atoms with E-state index in [-0.39, 0.29) is 5.33 Å². The fourth-order valence-corrected chi connectivity index (χ4v) is 1.53. The fraction of sp³-hybridized carbons (Fsp3) is 0.300. The first-order chi connectivity index (χ1) is 8.74. The Morgan fingerprint density at radius 1 is 1.32 bits per heavy atom. The Hall–Kier alpha value is -1.38. The van der Waals surface area contributed by atoms with Gasteiger partial charge in [0, 0.05) is 0 Å². The van der Waals surface area contributed by atoms with Crippen LogP contribution in [0.25, 0.3) is 0 Å². The zero-order valence-electron chi connectivity index (χ0n) is 9.01. The fourth-order valence-electron chi connectivity index (χ4n) is 1.22. The normalized spacial score (nSPS) is 11.5. The molecule has 0 saturated carbocycles. The van der Waals surface area contributed by atoms with Gasteiger partial charge in [0.25, 0.3) is 0 Å². The molecule has 0 heterocycles. The number of ketones is 1. The molecule has 0 fully saturated rings. The van der Waals surface area contributed by atoms with E-state index in [1.165, 1.54) is 0 Å². The molecular weight excluding hydrogens is 343 g/mol. The summed E-state index contributed by atoms with van der Waals surface area (Å²) in [6, 6.07) is 2.90. The van der Waals surface area contributed by atoms with Gasteiger partial charge in [-0.3, -0.25) is 4.79 Å². The number of carbonyl (C=O) groups excluding carboxylic acids is 1. The molecule has 0 unspecified atom stereocenters. The lowest BCUT2D eigenvalue weighted by Gasteiger charge is -2.15. The van der Waals surface area contributed by atoms with E-state index in [4.69, 9.17) is 0 Å². The van der Waals surface area contributed by atoms with E-state index < -0.39 is 35.8 Å². The monoisotopic (exact) mass is 348 g/mol. The Balaban J connectivity index is 3.25. The van der Waals surface area contributed by atoms with Gasteiger partial charge < -0.3 is 9.47 Å². The number of alkyl halides is 6. The van der Waals surface area contributed by atoms with E-state index in [0.29, 0.717) is 0 Å². The van der Waals surface area contributed by atoms with Crippen LogP contribution in [-0.2, 0) is 0 Å². The lowest BCUT2D eigenvalue weighted by atomic mass is 10.1. The van der Waals surface area contributed by atoms with Gasteiger partial charge in [0.15, 0.2) is 17.3 Å². The molecular formula is C10H6BrF5O3. The second-order valence-electron chi connectivity index (χ2n) is 3.12. The highest BCUT2D eigenvalue weighted by Crippen LogP contribution is 2.36. The van der Waals surface area contributed by atoms with E-state index in [1.54, 1.807) is 0 Å². The van der Waals surface area contributed by atoms with Crippen LogP contribution in [0.4, 0.5) is 22.0 Å². The van der Waals surface area contributed by atoms with E-state index in [1.807, 2.05) is 0 Å². The van der Waals surface area contributed by atoms with Crippen molar-refractivity contribution < 1.29 is 36.2 Å². The summed E-state index contributed by atoms with van der Waals surface area (Å²) in [5.74, 6) is -2.66. The third-order valence-corrected chi connectivity index (χ3v) is 2.34. The topological polar surface area (TPSA) is 35.5 Å². The van der Waals surface area contributed by atoms with Gasteiger partial charge in [-0.05, 0) is 12.1 Å². The highest BCUT2D eigenvalue weighted by molar-refractivity contribution is 9.09. The maximum Gasteiger partial charge on any atom is 0.573 e. The van der Waals surface area contributed by atoms with Crippen LogP contribution in [0.15, 0.2) is 18.2 Å². The van der Waals surface area contributed by atoms with Crippen LogP contribution in [0.1, 0.15) is 10.4 Å². The molecule has 0 bridgehead atoms. The molecule has 0 radical (unpaired) electrons. The van der Waals surface area contributed by atoms with Gasteiger partial charge >= 0.3 is 13.0 Å². The number of Topliss-reactive ketones (excluding diaryl/α,β-unsaturated/α-hetero) is 1. The third kappa shape index (κ3) is 4.66. The van der Waals surface area contributed by atoms with Crippen molar-refractivity contribution in [3.05, 3.63) is 23.8 Å². The van der Waals surface area contributed by atoms with Gasteiger partial charge in [0.2, 0.25) is 0 Å². The molecule has 0 aliphatic heterocycles. The average Bonchev–Trinajstić information content (AvgIpc) is 2.28. The van der Waals surface area contributed by atoms with Gasteiger partial charge in [0.1, 0.15) is 0 Å². The van der Waals surface area contributed by atoms with Crippen molar-refractivity contribution in [1.29, 1.82) is 0 Å². The molecule has 0 spiro atoms. The summed E-state index contributed by atoms with van der Waals surface area (Å²) in [7, 11) is 0. The zero-order valence-corrected chi connectivity index (χ0v) is 10.6. The molecule has 0 amide bonds. The summed E-state index contributed by atoms with van der Waals surface area (Å²) in [6.45, 7) is -3.39. The largest absolute Gasteiger partial charge is 0.573 e. The number of carbonyl (C=O) groups is 1. The number of hydrogen-bond acceptors (Lipinski definition) is 3. The van der Waals surface area contributed by atoms with Crippen LogP contribution >= 0.6 is 15.9 Å². The predicted octanol–water partition coefficient (Wildman–Crippen LogP) is 3.76. The van der Waals surface area contributed by atoms with Gasteiger partial charge in [-0.2, -0.15) is 8.78 Å². The van der Waals surface area contributed by atoms with E-state index in [2.05, 4.69) is 25.4 Å². The van der Waals surface area contributed by atoms with Crippen molar-refractivity contribution in [2.24, 2.45) is 0 Å². The molecule has 106 valence electrons. The quantitative estimate of drug-likeness (QED) is 0.461. The van der Waals surface area contributed by atoms with Crippen LogP contribution < -0.4 is 9.47 Å². The summed E-state index contributed by atoms with van der Waals surface area (Å²) in [5, 5.41) is -0.262. The van der Waals surface area contributed by atoms with E-state index >= 15 is 0 Å². The van der Waals surface area contributed by atoms with Crippen molar-refractivity contribution in [3.8, 4) is 11.5 Å². The minimum Gasteiger partial charge on any atom is -0.430 e. The van der Waals surface area contributed by atoms with Crippen molar-refractivity contribution >= 4 is 21.7 Å². The van der Waals surface area contributed by atoms with Gasteiger partial charge in [-0.25, -0.2) is 0 Å². The second kappa shape index (κ2) is 6.18. The van der Waals surface area contributed by atoms with Gasteiger partial charge in [0.05, 0.1) is 10.9 Å². The maximum absolute atomic E-state index is 12.2. The smallest absolute Gasteiger partial charge is 0.430 e. The molecule has 1 aromatic carbocycles. The number of halogens is 6. The Kier molecular flexibility index (Phi) is 5.10. The molecule has 0 aliphatic rings. The minimum atomic E-state index is -5.09. The molecule has 0 aliphatic carbocycles. The standard InChI is InChI=1S/C10H6BrF5O3/c11-4-6(17)5-2-1-3-7(19-10(14,15)16)8(5)18-9(12)13/h1-3,9H,4H2. The van der Waals surface area contributed by atoms with Crippen molar-refractivity contribution in [2.75, 3.05) is 5.33 Å². The van der Waals surface area contributed by atoms with Crippen LogP contribution in [-0.4, -0.2) is 24.1 Å². The molecule has 19 heavy (non-hydrogen) atoms. The molecule has 0 N–H and O–H groups in total. The summed E-state index contributed by atoms with van der Waals surface area (Å²) in [6.07, 6.45) is -5.09. The first kappa shape index (κ1) is 15.7. The highest BCUT2D eigenvalue weighted by atomic mass is 79.9. The van der Waals surface area contributed by atoms with E-state index in [0.717, 1.165) is 18.2 Å². The Morgan fingerprint density at radius 2 is 1.95 bits per heavy atom. The maximum atomic E-state index is 12.2. The molecule has 3 nitrogen and oxygen atoms in total. The average molecular weight is 349 g/mol. The number of hydrogen-bond donors (Lipinski definition) is 0.